The summed E-state index contributed by atoms with van der Waals surface area (Å²) in [6.07, 6.45) is 15.4. The van der Waals surface area contributed by atoms with Crippen molar-refractivity contribution >= 4 is 88.9 Å². The number of amides is 14. The molecule has 7 heterocycles. The molecule has 4 aliphatic rings. The van der Waals surface area contributed by atoms with Gasteiger partial charge in [0.25, 0.3) is 5.91 Å². The summed E-state index contributed by atoms with van der Waals surface area (Å²) in [7, 11) is 0. The summed E-state index contributed by atoms with van der Waals surface area (Å²) in [6, 6.07) is 1.68. The number of nitrogens with one attached hydrogen (secondary N) is 8. The van der Waals surface area contributed by atoms with E-state index in [1.807, 2.05) is 10.3 Å². The number of hydrazine groups is 1. The summed E-state index contributed by atoms with van der Waals surface area (Å²) in [4.78, 5) is 138. The van der Waals surface area contributed by atoms with Crippen LogP contribution in [0.3, 0.4) is 0 Å². The number of imidazole rings is 3. The number of ketones is 1. The SMILES string of the molecule is CC#N.CC#N.CC(=O)CNC(=O)NCCN1CCNC1=O.CC(=O)N=NC(=O)NCCN1CCNC1=O.CC(=O)NN.ClCCl.NCCN1CCCC1=O.O=C(n1ccnc1)n1ccnc1.O=C1NCCN1CCNC(=O)n1ccnc1. The van der Waals surface area contributed by atoms with Gasteiger partial charge in [0.1, 0.15) is 24.8 Å². The third-order valence-corrected chi connectivity index (χ3v) is 9.56. The van der Waals surface area contributed by atoms with Gasteiger partial charge in [-0.2, -0.15) is 10.5 Å². The monoisotopic (exact) mass is 1210 g/mol. The zero-order valence-corrected chi connectivity index (χ0v) is 48.3. The lowest BCUT2D eigenvalue weighted by Gasteiger charge is -2.14. The Kier molecular flexibility index (Phi) is 44.3. The van der Waals surface area contributed by atoms with E-state index in [1.165, 1.54) is 73.5 Å². The molecule has 3 aromatic rings. The lowest BCUT2D eigenvalue weighted by Crippen LogP contribution is -2.42. The number of hydrogen-bond acceptors (Lipinski definition) is 18. The van der Waals surface area contributed by atoms with Crippen LogP contribution in [0.2, 0.25) is 0 Å². The van der Waals surface area contributed by atoms with Gasteiger partial charge in [0, 0.05) is 169 Å². The highest BCUT2D eigenvalue weighted by Gasteiger charge is 2.21. The van der Waals surface area contributed by atoms with E-state index in [9.17, 15) is 52.7 Å². The van der Waals surface area contributed by atoms with Crippen LogP contribution in [0.15, 0.2) is 66.4 Å². The van der Waals surface area contributed by atoms with Crippen LogP contribution in [0.25, 0.3) is 0 Å². The summed E-state index contributed by atoms with van der Waals surface area (Å²) in [5.74, 6) is 3.98. The standard InChI is InChI=1S/C9H13N5O2.C9H16N4O3.C8H13N5O3.C7H6N4O.C6H12N2O.C2H6N2O.2C2H3N.CH2Cl2/c15-8-11-2-5-13(8)6-3-12-9(16)14-4-1-10-7-14;1-7(14)6-12-8(15)10-2-4-13-5-3-11-9(13)16;1-6(14)11-12-7(15)9-2-4-13-5-3-10-8(13)16;12-7(10-3-1-8-5-10)11-4-2-9-6-11;7-3-5-8-4-1-2-6(8)9;1-2(5)4-3;2*1-2-3;2-1-3/h1,4,7H,2-3,5-6H2,(H,11,15)(H,12,16);2-6H2,1H3,(H,11,16)(H2,10,12,15);2-5H2,1H3,(H,9,15)(H,10,16);1-6H;1-5,7H2;3H2,1H3,(H,4,5);2*1H3;1H2. The fourth-order valence-corrected chi connectivity index (χ4v) is 5.94. The first-order valence-corrected chi connectivity index (χ1v) is 26.0. The fraction of sp³-hybridized carbons (Fsp3) is 0.522. The van der Waals surface area contributed by atoms with Crippen molar-refractivity contribution in [3.05, 3.63) is 56.2 Å². The van der Waals surface area contributed by atoms with E-state index in [4.69, 9.17) is 39.5 Å². The number of alkyl halides is 2. The van der Waals surface area contributed by atoms with Gasteiger partial charge in [-0.1, -0.05) is 5.11 Å². The van der Waals surface area contributed by atoms with Gasteiger partial charge in [-0.3, -0.25) is 38.3 Å². The lowest BCUT2D eigenvalue weighted by molar-refractivity contribution is -0.127. The van der Waals surface area contributed by atoms with Crippen molar-refractivity contribution in [1.82, 2.24) is 90.9 Å². The van der Waals surface area contributed by atoms with E-state index >= 15 is 0 Å². The molecule has 83 heavy (non-hydrogen) atoms. The maximum Gasteiger partial charge on any atom is 0.359 e. The molecule has 0 aliphatic carbocycles. The highest BCUT2D eigenvalue weighted by atomic mass is 35.5. The molecule has 3 aromatic heterocycles. The van der Waals surface area contributed by atoms with Crippen LogP contribution < -0.4 is 54.2 Å². The number of rotatable bonds is 13. The van der Waals surface area contributed by atoms with Crippen molar-refractivity contribution in [2.24, 2.45) is 21.8 Å². The van der Waals surface area contributed by atoms with Crippen LogP contribution in [0.1, 0.15) is 47.5 Å². The van der Waals surface area contributed by atoms with Crippen LogP contribution in [-0.4, -0.2) is 224 Å². The van der Waals surface area contributed by atoms with Gasteiger partial charge in [-0.15, -0.1) is 28.3 Å². The number of likely N-dealkylation sites (tertiary alicyclic amines) is 1. The summed E-state index contributed by atoms with van der Waals surface area (Å²) in [5.41, 5.74) is 7.17. The first kappa shape index (κ1) is 75.8. The average molecular weight is 1210 g/mol. The molecule has 7 rings (SSSR count). The van der Waals surface area contributed by atoms with Gasteiger partial charge >= 0.3 is 42.2 Å². The first-order chi connectivity index (χ1) is 39.7. The number of Topliss-reactive ketones (excluding diaryl/α,β-unsaturated/α-hetero) is 1. The number of nitrogens with two attached hydrogens (primary N) is 2. The fourth-order valence-electron chi connectivity index (χ4n) is 5.94. The zero-order valence-electron chi connectivity index (χ0n) is 46.8. The van der Waals surface area contributed by atoms with E-state index in [0.29, 0.717) is 78.5 Å². The predicted octanol–water partition coefficient (Wildman–Crippen LogP) is -0.273. The van der Waals surface area contributed by atoms with E-state index in [-0.39, 0.29) is 66.2 Å². The summed E-state index contributed by atoms with van der Waals surface area (Å²) in [5, 5.41) is 39.1. The second-order valence-corrected chi connectivity index (χ2v) is 16.7. The van der Waals surface area contributed by atoms with Gasteiger partial charge in [-0.25, -0.2) is 54.4 Å². The van der Waals surface area contributed by atoms with Crippen molar-refractivity contribution < 1.29 is 52.7 Å². The number of halogens is 2. The number of nitrogens with zero attached hydrogens (tertiary/aromatic N) is 14. The maximum atomic E-state index is 11.5. The number of aromatic nitrogens is 6. The topological polar surface area (TPSA) is 475 Å². The molecule has 14 amide bonds. The molecule has 12 N–H and O–H groups in total. The molecule has 0 aromatic carbocycles. The molecule has 0 radical (unpaired) electrons. The van der Waals surface area contributed by atoms with Crippen molar-refractivity contribution in [2.45, 2.75) is 47.5 Å². The van der Waals surface area contributed by atoms with Gasteiger partial charge in [0.15, 0.2) is 0 Å². The highest BCUT2D eigenvalue weighted by Crippen LogP contribution is 2.07. The third kappa shape index (κ3) is 38.8. The summed E-state index contributed by atoms with van der Waals surface area (Å²) >= 11 is 9.53. The highest BCUT2D eigenvalue weighted by molar-refractivity contribution is 6.40. The number of carbonyl (C=O) groups is 11. The van der Waals surface area contributed by atoms with Gasteiger partial charge < -0.3 is 62.6 Å². The minimum atomic E-state index is -0.685. The molecule has 0 unspecified atom stereocenters. The van der Waals surface area contributed by atoms with E-state index in [0.717, 1.165) is 25.9 Å². The number of nitriles is 2. The number of hydrogen-bond donors (Lipinski definition) is 10. The van der Waals surface area contributed by atoms with E-state index < -0.39 is 18.0 Å². The quantitative estimate of drug-likeness (QED) is 0.0346. The van der Waals surface area contributed by atoms with Crippen LogP contribution in [-0.2, 0) is 19.2 Å². The first-order valence-electron chi connectivity index (χ1n) is 24.9. The molecule has 458 valence electrons. The molecular formula is C46H74Cl2N24O11. The molecular weight excluding hydrogens is 1140 g/mol. The minimum Gasteiger partial charge on any atom is -0.341 e. The number of urea groups is 5. The third-order valence-electron chi connectivity index (χ3n) is 9.56. The normalized spacial score (nSPS) is 13.0. The van der Waals surface area contributed by atoms with Crippen molar-refractivity contribution in [3.8, 4) is 12.1 Å². The predicted molar refractivity (Wildman–Crippen MR) is 300 cm³/mol. The molecule has 37 heteroatoms. The Bertz CT molecular complexity index is 2460. The van der Waals surface area contributed by atoms with Gasteiger partial charge in [-0.05, 0) is 13.3 Å². The Hall–Kier alpha value is -9.32. The molecule has 4 fully saturated rings. The molecule has 4 saturated heterocycles. The second-order valence-electron chi connectivity index (χ2n) is 15.9. The Morgan fingerprint density at radius 2 is 1.05 bits per heavy atom. The van der Waals surface area contributed by atoms with Crippen molar-refractivity contribution in [2.75, 3.05) is 110 Å². The van der Waals surface area contributed by atoms with E-state index in [1.54, 1.807) is 57.8 Å². The molecule has 0 bridgehead atoms. The zero-order chi connectivity index (χ0) is 62.8. The summed E-state index contributed by atoms with van der Waals surface area (Å²) < 4.78 is 4.10. The Morgan fingerprint density at radius 1 is 0.639 bits per heavy atom. The molecule has 4 aliphatic heterocycles. The van der Waals surface area contributed by atoms with Crippen LogP contribution in [0.5, 0.6) is 0 Å². The molecule has 35 nitrogen and oxygen atoms in total. The van der Waals surface area contributed by atoms with Gasteiger partial charge in [0.05, 0.1) is 24.0 Å². The van der Waals surface area contributed by atoms with E-state index in [2.05, 4.69) is 68.2 Å². The summed E-state index contributed by atoms with van der Waals surface area (Å²) in [6.45, 7) is 15.5. The largest absolute Gasteiger partial charge is 0.359 e. The minimum absolute atomic E-state index is 0.0238. The average Bonchev–Trinajstić information content (AvgIpc) is 4.36. The Balaban J connectivity index is 0. The molecule has 0 spiro atoms. The van der Waals surface area contributed by atoms with Crippen LogP contribution >= 0.6 is 23.2 Å². The van der Waals surface area contributed by atoms with Crippen molar-refractivity contribution in [1.29, 1.82) is 10.5 Å². The number of azo groups is 1. The van der Waals surface area contributed by atoms with Crippen molar-refractivity contribution in [3.63, 3.8) is 0 Å². The molecule has 0 atom stereocenters. The van der Waals surface area contributed by atoms with Crippen LogP contribution in [0, 0.1) is 22.7 Å². The Labute approximate surface area is 489 Å². The van der Waals surface area contributed by atoms with Crippen LogP contribution in [0.4, 0.5) is 33.6 Å². The molecule has 0 saturated carbocycles. The number of carbonyl (C=O) groups excluding carboxylic acids is 11. The van der Waals surface area contributed by atoms with Gasteiger partial charge in [0.2, 0.25) is 11.8 Å². The smallest absolute Gasteiger partial charge is 0.341 e. The Morgan fingerprint density at radius 3 is 1.37 bits per heavy atom. The lowest BCUT2D eigenvalue weighted by atomic mass is 10.4. The maximum absolute atomic E-state index is 11.5. The second kappa shape index (κ2) is 48.6.